The third kappa shape index (κ3) is 4.40. The van der Waals surface area contributed by atoms with Crippen LogP contribution < -0.4 is 10.6 Å². The van der Waals surface area contributed by atoms with E-state index < -0.39 is 0 Å². The van der Waals surface area contributed by atoms with Crippen LogP contribution in [0.5, 0.6) is 0 Å². The third-order valence-electron chi connectivity index (χ3n) is 5.25. The van der Waals surface area contributed by atoms with Crippen LogP contribution in [0.1, 0.15) is 49.8 Å². The number of nitrogens with zero attached hydrogens (tertiary/aromatic N) is 1. The van der Waals surface area contributed by atoms with Crippen molar-refractivity contribution in [3.63, 3.8) is 0 Å². The minimum atomic E-state index is -0.224. The number of likely N-dealkylation sites (tertiary alicyclic amines) is 1. The normalized spacial score (nSPS) is 23.0. The predicted octanol–water partition coefficient (Wildman–Crippen LogP) is 2.03. The maximum absolute atomic E-state index is 13.1. The van der Waals surface area contributed by atoms with Crippen LogP contribution in [0, 0.1) is 5.92 Å². The molecule has 2 heterocycles. The van der Waals surface area contributed by atoms with Crippen LogP contribution in [0.25, 0.3) is 0 Å². The summed E-state index contributed by atoms with van der Waals surface area (Å²) in [5.74, 6) is 0.655. The second kappa shape index (κ2) is 8.48. The molecule has 0 aliphatic carbocycles. The van der Waals surface area contributed by atoms with E-state index in [9.17, 15) is 9.59 Å². The summed E-state index contributed by atoms with van der Waals surface area (Å²) in [5, 5.41) is 6.41. The van der Waals surface area contributed by atoms with E-state index in [0.29, 0.717) is 18.9 Å². The number of nitrogens with one attached hydrogen (secondary N) is 2. The molecule has 1 saturated heterocycles. The molecule has 0 aromatic heterocycles. The molecule has 0 radical (unpaired) electrons. The predicted molar refractivity (Wildman–Crippen MR) is 98.1 cm³/mol. The van der Waals surface area contributed by atoms with Crippen molar-refractivity contribution in [1.82, 2.24) is 15.5 Å². The van der Waals surface area contributed by atoms with Crippen LogP contribution in [0.2, 0.25) is 0 Å². The minimum Gasteiger partial charge on any atom is -0.356 e. The number of benzene rings is 1. The van der Waals surface area contributed by atoms with Crippen molar-refractivity contribution in [1.29, 1.82) is 0 Å². The quantitative estimate of drug-likeness (QED) is 0.860. The molecule has 136 valence electrons. The minimum absolute atomic E-state index is 0.119. The highest BCUT2D eigenvalue weighted by Gasteiger charge is 2.32. The lowest BCUT2D eigenvalue weighted by atomic mass is 9.92. The molecule has 25 heavy (non-hydrogen) atoms. The van der Waals surface area contributed by atoms with E-state index in [2.05, 4.69) is 22.8 Å². The third-order valence-corrected chi connectivity index (χ3v) is 5.25. The second-order valence-electron chi connectivity index (χ2n) is 7.18. The van der Waals surface area contributed by atoms with Crippen LogP contribution in [-0.2, 0) is 16.0 Å². The molecule has 0 spiro atoms. The maximum Gasteiger partial charge on any atom is 0.244 e. The number of hydrogen-bond acceptors (Lipinski definition) is 3. The van der Waals surface area contributed by atoms with E-state index in [0.717, 1.165) is 50.9 Å². The van der Waals surface area contributed by atoms with Gasteiger partial charge in [-0.05, 0) is 42.7 Å². The molecule has 1 aromatic rings. The Morgan fingerprint density at radius 2 is 2.16 bits per heavy atom. The Kier molecular flexibility index (Phi) is 6.08. The van der Waals surface area contributed by atoms with Crippen molar-refractivity contribution < 1.29 is 9.59 Å². The largest absolute Gasteiger partial charge is 0.356 e. The first kappa shape index (κ1) is 17.9. The van der Waals surface area contributed by atoms with Crippen LogP contribution in [-0.4, -0.2) is 42.9 Å². The molecule has 1 fully saturated rings. The number of rotatable bonds is 5. The van der Waals surface area contributed by atoms with Crippen molar-refractivity contribution in [3.05, 3.63) is 35.4 Å². The van der Waals surface area contributed by atoms with Gasteiger partial charge in [-0.1, -0.05) is 31.2 Å². The van der Waals surface area contributed by atoms with Crippen molar-refractivity contribution in [2.24, 2.45) is 5.92 Å². The molecule has 3 rings (SSSR count). The van der Waals surface area contributed by atoms with E-state index in [1.807, 2.05) is 24.0 Å². The molecule has 2 N–H and O–H groups in total. The lowest BCUT2D eigenvalue weighted by Crippen LogP contribution is -2.49. The Morgan fingerprint density at radius 1 is 1.32 bits per heavy atom. The van der Waals surface area contributed by atoms with Gasteiger partial charge in [0.1, 0.15) is 6.04 Å². The van der Waals surface area contributed by atoms with E-state index in [1.165, 1.54) is 5.56 Å². The Hall–Kier alpha value is -1.88. The number of piperidine rings is 1. The fourth-order valence-corrected chi connectivity index (χ4v) is 3.91. The van der Waals surface area contributed by atoms with Gasteiger partial charge in [0, 0.05) is 32.6 Å². The van der Waals surface area contributed by atoms with Gasteiger partial charge < -0.3 is 15.5 Å². The monoisotopic (exact) mass is 343 g/mol. The van der Waals surface area contributed by atoms with Crippen molar-refractivity contribution in [3.8, 4) is 0 Å². The molecule has 2 aliphatic rings. The summed E-state index contributed by atoms with van der Waals surface area (Å²) in [7, 11) is 0. The van der Waals surface area contributed by atoms with Gasteiger partial charge in [0.15, 0.2) is 0 Å². The average Bonchev–Trinajstić information content (AvgIpc) is 2.66. The SMILES string of the molecule is CCCC(=O)NC[C@@H]1CCCN(C(=O)[C@H]2NCCc3ccccc32)C1. The highest BCUT2D eigenvalue weighted by Crippen LogP contribution is 2.26. The first-order chi connectivity index (χ1) is 12.2. The summed E-state index contributed by atoms with van der Waals surface area (Å²) >= 11 is 0. The Balaban J connectivity index is 1.60. The van der Waals surface area contributed by atoms with Gasteiger partial charge >= 0.3 is 0 Å². The smallest absolute Gasteiger partial charge is 0.244 e. The number of fused-ring (bicyclic) bond motifs is 1. The number of carbonyl (C=O) groups excluding carboxylic acids is 2. The Morgan fingerprint density at radius 3 is 3.00 bits per heavy atom. The summed E-state index contributed by atoms with van der Waals surface area (Å²) in [6.45, 7) is 5.09. The molecule has 2 amide bonds. The summed E-state index contributed by atoms with van der Waals surface area (Å²) < 4.78 is 0. The van der Waals surface area contributed by atoms with E-state index in [4.69, 9.17) is 0 Å². The average molecular weight is 343 g/mol. The van der Waals surface area contributed by atoms with E-state index in [1.54, 1.807) is 0 Å². The molecule has 0 bridgehead atoms. The van der Waals surface area contributed by atoms with Gasteiger partial charge in [-0.3, -0.25) is 9.59 Å². The topological polar surface area (TPSA) is 61.4 Å². The van der Waals surface area contributed by atoms with Gasteiger partial charge in [-0.25, -0.2) is 0 Å². The van der Waals surface area contributed by atoms with Crippen molar-refractivity contribution in [2.45, 2.75) is 45.1 Å². The summed E-state index contributed by atoms with van der Waals surface area (Å²) in [5.41, 5.74) is 2.40. The second-order valence-corrected chi connectivity index (χ2v) is 7.18. The van der Waals surface area contributed by atoms with Gasteiger partial charge in [-0.2, -0.15) is 0 Å². The van der Waals surface area contributed by atoms with Crippen LogP contribution >= 0.6 is 0 Å². The molecular formula is C20H29N3O2. The fraction of sp³-hybridized carbons (Fsp3) is 0.600. The van der Waals surface area contributed by atoms with Gasteiger partial charge in [0.05, 0.1) is 0 Å². The maximum atomic E-state index is 13.1. The Bertz CT molecular complexity index is 617. The zero-order valence-corrected chi connectivity index (χ0v) is 15.1. The van der Waals surface area contributed by atoms with Crippen LogP contribution in [0.4, 0.5) is 0 Å². The van der Waals surface area contributed by atoms with E-state index in [-0.39, 0.29) is 17.9 Å². The number of hydrogen-bond donors (Lipinski definition) is 2. The molecule has 5 heteroatoms. The lowest BCUT2D eigenvalue weighted by molar-refractivity contribution is -0.135. The first-order valence-corrected chi connectivity index (χ1v) is 9.55. The van der Waals surface area contributed by atoms with Gasteiger partial charge in [0.2, 0.25) is 11.8 Å². The summed E-state index contributed by atoms with van der Waals surface area (Å²) in [6, 6.07) is 8.02. The summed E-state index contributed by atoms with van der Waals surface area (Å²) in [4.78, 5) is 26.7. The Labute approximate surface area is 150 Å². The molecule has 1 aromatic carbocycles. The number of carbonyl (C=O) groups is 2. The zero-order chi connectivity index (χ0) is 17.6. The molecule has 0 unspecified atom stereocenters. The van der Waals surface area contributed by atoms with E-state index >= 15 is 0 Å². The zero-order valence-electron chi connectivity index (χ0n) is 15.1. The van der Waals surface area contributed by atoms with Crippen LogP contribution in [0.3, 0.4) is 0 Å². The van der Waals surface area contributed by atoms with Crippen molar-refractivity contribution in [2.75, 3.05) is 26.2 Å². The molecule has 0 saturated carbocycles. The molecule has 2 atom stereocenters. The molecular weight excluding hydrogens is 314 g/mol. The first-order valence-electron chi connectivity index (χ1n) is 9.55. The van der Waals surface area contributed by atoms with Gasteiger partial charge in [0.25, 0.3) is 0 Å². The molecule has 2 aliphatic heterocycles. The number of amides is 2. The lowest BCUT2D eigenvalue weighted by Gasteiger charge is -2.36. The summed E-state index contributed by atoms with van der Waals surface area (Å²) in [6.07, 6.45) is 4.51. The van der Waals surface area contributed by atoms with Gasteiger partial charge in [-0.15, -0.1) is 0 Å². The van der Waals surface area contributed by atoms with Crippen molar-refractivity contribution >= 4 is 11.8 Å². The highest BCUT2D eigenvalue weighted by atomic mass is 16.2. The fourth-order valence-electron chi connectivity index (χ4n) is 3.91. The molecule has 5 nitrogen and oxygen atoms in total. The highest BCUT2D eigenvalue weighted by molar-refractivity contribution is 5.84. The van der Waals surface area contributed by atoms with Crippen LogP contribution in [0.15, 0.2) is 24.3 Å². The standard InChI is InChI=1S/C20H29N3O2/c1-2-6-18(24)22-13-15-7-5-12-23(14-15)20(25)19-17-9-4-3-8-16(17)10-11-21-19/h3-4,8-9,15,19,21H,2,5-7,10-14H2,1H3,(H,22,24)/t15-,19-/m0/s1.